The number of nitrogens with zero attached hydrogens (tertiary/aromatic N) is 3. The molecule has 1 aromatic carbocycles. The first kappa shape index (κ1) is 20.4. The van der Waals surface area contributed by atoms with Gasteiger partial charge < -0.3 is 9.84 Å². The van der Waals surface area contributed by atoms with Gasteiger partial charge in [-0.15, -0.1) is 0 Å². The standard InChI is InChI=1S/C18H28N4O3S/c1-6-22(7-2)26(23,24)16-11-15(9-8-14(16)5)19-12-18-20-17(21-25-18)10-13(3)4/h8-9,11,13,19H,6-7,10,12H2,1-5H3. The Bertz CT molecular complexity index is 827. The Kier molecular flexibility index (Phi) is 6.77. The number of aromatic nitrogens is 2. The maximum absolute atomic E-state index is 12.8. The molecule has 0 unspecified atom stereocenters. The Morgan fingerprint density at radius 1 is 1.23 bits per heavy atom. The van der Waals surface area contributed by atoms with Crippen LogP contribution >= 0.6 is 0 Å². The zero-order valence-corrected chi connectivity index (χ0v) is 16.9. The van der Waals surface area contributed by atoms with Crippen LogP contribution in [-0.2, 0) is 23.0 Å². The van der Waals surface area contributed by atoms with Gasteiger partial charge in [-0.1, -0.05) is 38.9 Å². The van der Waals surface area contributed by atoms with Gasteiger partial charge in [0.15, 0.2) is 5.82 Å². The number of hydrogen-bond acceptors (Lipinski definition) is 6. The minimum absolute atomic E-state index is 0.317. The van der Waals surface area contributed by atoms with Gasteiger partial charge in [0.05, 0.1) is 11.4 Å². The van der Waals surface area contributed by atoms with Crippen molar-refractivity contribution in [2.75, 3.05) is 18.4 Å². The summed E-state index contributed by atoms with van der Waals surface area (Å²) in [7, 11) is -3.50. The molecule has 0 saturated heterocycles. The fraction of sp³-hybridized carbons (Fsp3) is 0.556. The summed E-state index contributed by atoms with van der Waals surface area (Å²) in [6.07, 6.45) is 0.764. The summed E-state index contributed by atoms with van der Waals surface area (Å²) in [4.78, 5) is 4.66. The molecule has 2 rings (SSSR count). The zero-order chi connectivity index (χ0) is 19.3. The second-order valence-corrected chi connectivity index (χ2v) is 8.53. The van der Waals surface area contributed by atoms with Crippen LogP contribution in [0.3, 0.4) is 0 Å². The topological polar surface area (TPSA) is 88.3 Å². The lowest BCUT2D eigenvalue weighted by Crippen LogP contribution is -2.31. The molecular formula is C18H28N4O3S. The third kappa shape index (κ3) is 4.82. The minimum atomic E-state index is -3.50. The molecule has 7 nitrogen and oxygen atoms in total. The molecule has 26 heavy (non-hydrogen) atoms. The molecular weight excluding hydrogens is 352 g/mol. The van der Waals surface area contributed by atoms with E-state index in [9.17, 15) is 8.42 Å². The van der Waals surface area contributed by atoms with E-state index in [0.717, 1.165) is 12.0 Å². The summed E-state index contributed by atoms with van der Waals surface area (Å²) in [5.74, 6) is 1.62. The Morgan fingerprint density at radius 2 is 1.92 bits per heavy atom. The maximum Gasteiger partial charge on any atom is 0.245 e. The lowest BCUT2D eigenvalue weighted by atomic mass is 10.1. The van der Waals surface area contributed by atoms with Crippen molar-refractivity contribution in [1.29, 1.82) is 0 Å². The van der Waals surface area contributed by atoms with Gasteiger partial charge in [-0.3, -0.25) is 0 Å². The monoisotopic (exact) mass is 380 g/mol. The van der Waals surface area contributed by atoms with Gasteiger partial charge >= 0.3 is 0 Å². The van der Waals surface area contributed by atoms with E-state index in [1.54, 1.807) is 19.1 Å². The predicted molar refractivity (Wildman–Crippen MR) is 101 cm³/mol. The van der Waals surface area contributed by atoms with Gasteiger partial charge in [0.25, 0.3) is 0 Å². The molecule has 2 aromatic rings. The van der Waals surface area contributed by atoms with E-state index in [1.807, 2.05) is 19.9 Å². The van der Waals surface area contributed by atoms with E-state index in [-0.39, 0.29) is 0 Å². The van der Waals surface area contributed by atoms with E-state index in [0.29, 0.717) is 47.9 Å². The third-order valence-electron chi connectivity index (χ3n) is 4.06. The predicted octanol–water partition coefficient (Wildman–Crippen LogP) is 3.22. The Labute approximate surface area is 155 Å². The van der Waals surface area contributed by atoms with E-state index < -0.39 is 10.0 Å². The van der Waals surface area contributed by atoms with Crippen molar-refractivity contribution in [3.8, 4) is 0 Å². The maximum atomic E-state index is 12.8. The lowest BCUT2D eigenvalue weighted by molar-refractivity contribution is 0.375. The average molecular weight is 381 g/mol. The number of nitrogens with one attached hydrogen (secondary N) is 1. The van der Waals surface area contributed by atoms with Gasteiger partial charge in [-0.2, -0.15) is 9.29 Å². The summed E-state index contributed by atoms with van der Waals surface area (Å²) >= 11 is 0. The average Bonchev–Trinajstić information content (AvgIpc) is 3.01. The second kappa shape index (κ2) is 8.64. The van der Waals surface area contributed by atoms with E-state index in [4.69, 9.17) is 4.52 Å². The van der Waals surface area contributed by atoms with Crippen molar-refractivity contribution in [3.63, 3.8) is 0 Å². The van der Waals surface area contributed by atoms with Gasteiger partial charge in [0.2, 0.25) is 15.9 Å². The molecule has 0 bridgehead atoms. The second-order valence-electron chi connectivity index (χ2n) is 6.63. The van der Waals surface area contributed by atoms with Crippen LogP contribution in [0.5, 0.6) is 0 Å². The fourth-order valence-electron chi connectivity index (χ4n) is 2.68. The smallest absolute Gasteiger partial charge is 0.245 e. The number of rotatable bonds is 9. The number of hydrogen-bond donors (Lipinski definition) is 1. The first-order chi connectivity index (χ1) is 12.3. The van der Waals surface area contributed by atoms with Gasteiger partial charge in [-0.05, 0) is 30.5 Å². The lowest BCUT2D eigenvalue weighted by Gasteiger charge is -2.20. The van der Waals surface area contributed by atoms with Crippen LogP contribution in [0.4, 0.5) is 5.69 Å². The van der Waals surface area contributed by atoms with Gasteiger partial charge in [-0.25, -0.2) is 8.42 Å². The zero-order valence-electron chi connectivity index (χ0n) is 16.1. The van der Waals surface area contributed by atoms with Crippen LogP contribution in [0.1, 0.15) is 45.0 Å². The van der Waals surface area contributed by atoms with Gasteiger partial charge in [0.1, 0.15) is 0 Å². The summed E-state index contributed by atoms with van der Waals surface area (Å²) in [6, 6.07) is 5.31. The highest BCUT2D eigenvalue weighted by atomic mass is 32.2. The van der Waals surface area contributed by atoms with E-state index >= 15 is 0 Å². The van der Waals surface area contributed by atoms with Crippen LogP contribution in [-0.4, -0.2) is 36.0 Å². The molecule has 1 heterocycles. The van der Waals surface area contributed by atoms with Crippen LogP contribution in [0.15, 0.2) is 27.6 Å². The number of benzene rings is 1. The molecule has 1 aromatic heterocycles. The van der Waals surface area contributed by atoms with Crippen molar-refractivity contribution in [2.24, 2.45) is 5.92 Å². The van der Waals surface area contributed by atoms with Gasteiger partial charge in [0, 0.05) is 25.2 Å². The first-order valence-electron chi connectivity index (χ1n) is 8.94. The van der Waals surface area contributed by atoms with E-state index in [1.165, 1.54) is 4.31 Å². The number of anilines is 1. The highest BCUT2D eigenvalue weighted by molar-refractivity contribution is 7.89. The molecule has 0 radical (unpaired) electrons. The summed E-state index contributed by atoms with van der Waals surface area (Å²) < 4.78 is 32.3. The first-order valence-corrected chi connectivity index (χ1v) is 10.4. The molecule has 0 aliphatic carbocycles. The molecule has 8 heteroatoms. The molecule has 0 atom stereocenters. The van der Waals surface area contributed by atoms with Crippen molar-refractivity contribution in [1.82, 2.24) is 14.4 Å². The van der Waals surface area contributed by atoms with Crippen LogP contribution in [0, 0.1) is 12.8 Å². The van der Waals surface area contributed by atoms with Crippen molar-refractivity contribution >= 4 is 15.7 Å². The Balaban J connectivity index is 2.15. The molecule has 0 aliphatic rings. The molecule has 1 N–H and O–H groups in total. The highest BCUT2D eigenvalue weighted by Gasteiger charge is 2.23. The fourth-order valence-corrected chi connectivity index (χ4v) is 4.39. The van der Waals surface area contributed by atoms with E-state index in [2.05, 4.69) is 29.3 Å². The normalized spacial score (nSPS) is 12.1. The Morgan fingerprint density at radius 3 is 2.54 bits per heavy atom. The van der Waals surface area contributed by atoms with Crippen molar-refractivity contribution < 1.29 is 12.9 Å². The number of aryl methyl sites for hydroxylation is 1. The Hall–Kier alpha value is -1.93. The summed E-state index contributed by atoms with van der Waals surface area (Å²) in [5, 5.41) is 7.12. The molecule has 0 amide bonds. The molecule has 0 aliphatic heterocycles. The van der Waals surface area contributed by atoms with Crippen LogP contribution < -0.4 is 5.32 Å². The quantitative estimate of drug-likeness (QED) is 0.718. The van der Waals surface area contributed by atoms with Crippen molar-refractivity contribution in [3.05, 3.63) is 35.5 Å². The molecule has 0 spiro atoms. The summed E-state index contributed by atoms with van der Waals surface area (Å²) in [6.45, 7) is 10.9. The molecule has 0 saturated carbocycles. The minimum Gasteiger partial charge on any atom is -0.376 e. The largest absolute Gasteiger partial charge is 0.376 e. The summed E-state index contributed by atoms with van der Waals surface area (Å²) in [5.41, 5.74) is 1.42. The van der Waals surface area contributed by atoms with Crippen LogP contribution in [0.25, 0.3) is 0 Å². The molecule has 0 fully saturated rings. The SMILES string of the molecule is CCN(CC)S(=O)(=O)c1cc(NCc2nc(CC(C)C)no2)ccc1C. The highest BCUT2D eigenvalue weighted by Crippen LogP contribution is 2.24. The van der Waals surface area contributed by atoms with Crippen LogP contribution in [0.2, 0.25) is 0 Å². The third-order valence-corrected chi connectivity index (χ3v) is 6.25. The van der Waals surface area contributed by atoms with Crippen molar-refractivity contribution in [2.45, 2.75) is 52.5 Å². The number of sulfonamides is 1. The molecule has 144 valence electrons.